The Morgan fingerprint density at radius 1 is 1.30 bits per heavy atom. The largest absolute Gasteiger partial charge is 0.266 e. The van der Waals surface area contributed by atoms with Crippen molar-refractivity contribution >= 4 is 0 Å². The van der Waals surface area contributed by atoms with E-state index in [1.165, 1.54) is 12.7 Å². The zero-order valence-corrected chi connectivity index (χ0v) is 6.13. The predicted octanol–water partition coefficient (Wildman–Crippen LogP) is 2.10. The summed E-state index contributed by atoms with van der Waals surface area (Å²) in [5.41, 5.74) is 0. The van der Waals surface area contributed by atoms with E-state index in [1.54, 1.807) is 0 Å². The fraction of sp³-hybridized carbons (Fsp3) is 0.714. The third kappa shape index (κ3) is 15.7. The van der Waals surface area contributed by atoms with Gasteiger partial charge in [-0.2, -0.15) is 5.10 Å². The molecule has 1 rings (SSSR count). The highest BCUT2D eigenvalue weighted by Crippen LogP contribution is 1.81. The summed E-state index contributed by atoms with van der Waals surface area (Å²) in [6.07, 6.45) is 2.96. The molecule has 0 aromatic carbocycles. The van der Waals surface area contributed by atoms with Gasteiger partial charge in [0.25, 0.3) is 0 Å². The SMILES string of the molecule is C.CC(C)C.c1nc[nH]n1. The van der Waals surface area contributed by atoms with Gasteiger partial charge in [-0.05, 0) is 5.92 Å². The van der Waals surface area contributed by atoms with E-state index < -0.39 is 0 Å². The molecule has 0 aliphatic heterocycles. The monoisotopic (exact) mass is 143 g/mol. The molecular weight excluding hydrogens is 126 g/mol. The van der Waals surface area contributed by atoms with Gasteiger partial charge in [-0.1, -0.05) is 28.2 Å². The number of nitrogens with zero attached hydrogens (tertiary/aromatic N) is 2. The van der Waals surface area contributed by atoms with Crippen molar-refractivity contribution in [3.63, 3.8) is 0 Å². The number of aromatic amines is 1. The Morgan fingerprint density at radius 3 is 1.90 bits per heavy atom. The highest BCUT2D eigenvalue weighted by molar-refractivity contribution is 4.43. The predicted molar refractivity (Wildman–Crippen MR) is 43.6 cm³/mol. The van der Waals surface area contributed by atoms with Crippen LogP contribution in [0.4, 0.5) is 0 Å². The molecule has 1 N–H and O–H groups in total. The number of hydrogen-bond acceptors (Lipinski definition) is 2. The van der Waals surface area contributed by atoms with Crippen LogP contribution in [0.15, 0.2) is 12.7 Å². The van der Waals surface area contributed by atoms with E-state index >= 15 is 0 Å². The molecule has 0 atom stereocenters. The van der Waals surface area contributed by atoms with Crippen molar-refractivity contribution in [2.75, 3.05) is 0 Å². The van der Waals surface area contributed by atoms with Gasteiger partial charge in [-0.25, -0.2) is 4.98 Å². The lowest BCUT2D eigenvalue weighted by atomic mass is 10.3. The molecule has 0 saturated carbocycles. The number of aromatic nitrogens is 3. The van der Waals surface area contributed by atoms with Crippen LogP contribution < -0.4 is 0 Å². The maximum absolute atomic E-state index is 3.56. The van der Waals surface area contributed by atoms with Crippen LogP contribution in [0.25, 0.3) is 0 Å². The van der Waals surface area contributed by atoms with Crippen molar-refractivity contribution in [2.24, 2.45) is 5.92 Å². The highest BCUT2D eigenvalue weighted by atomic mass is 15.2. The molecule has 0 aliphatic carbocycles. The van der Waals surface area contributed by atoms with Crippen molar-refractivity contribution in [2.45, 2.75) is 28.2 Å². The van der Waals surface area contributed by atoms with E-state index in [4.69, 9.17) is 0 Å². The lowest BCUT2D eigenvalue weighted by molar-refractivity contribution is 0.737. The van der Waals surface area contributed by atoms with Crippen LogP contribution in [0.1, 0.15) is 28.2 Å². The second-order valence-electron chi connectivity index (χ2n) is 2.38. The fourth-order valence-corrected chi connectivity index (χ4v) is 0.167. The molecule has 0 unspecified atom stereocenters. The summed E-state index contributed by atoms with van der Waals surface area (Å²) >= 11 is 0. The van der Waals surface area contributed by atoms with Crippen molar-refractivity contribution < 1.29 is 0 Å². The van der Waals surface area contributed by atoms with Crippen LogP contribution >= 0.6 is 0 Å². The maximum atomic E-state index is 3.56. The highest BCUT2D eigenvalue weighted by Gasteiger charge is 1.68. The second-order valence-corrected chi connectivity index (χ2v) is 2.38. The fourth-order valence-electron chi connectivity index (χ4n) is 0.167. The summed E-state index contributed by atoms with van der Waals surface area (Å²) in [4.78, 5) is 3.56. The summed E-state index contributed by atoms with van der Waals surface area (Å²) in [6.45, 7) is 6.50. The smallest absolute Gasteiger partial charge is 0.137 e. The first-order valence-corrected chi connectivity index (χ1v) is 3.02. The summed E-state index contributed by atoms with van der Waals surface area (Å²) in [5.74, 6) is 0.833. The Kier molecular flexibility index (Phi) is 9.67. The third-order valence-corrected chi connectivity index (χ3v) is 0.331. The van der Waals surface area contributed by atoms with Crippen LogP contribution in [0.2, 0.25) is 0 Å². The first kappa shape index (κ1) is 11.9. The molecule has 1 heterocycles. The zero-order chi connectivity index (χ0) is 7.11. The maximum Gasteiger partial charge on any atom is 0.137 e. The van der Waals surface area contributed by atoms with Gasteiger partial charge in [-0.3, -0.25) is 5.10 Å². The van der Waals surface area contributed by atoms with Gasteiger partial charge in [0.15, 0.2) is 0 Å². The molecule has 0 fully saturated rings. The average Bonchev–Trinajstić information content (AvgIpc) is 2.11. The topological polar surface area (TPSA) is 41.6 Å². The van der Waals surface area contributed by atoms with Gasteiger partial charge in [0, 0.05) is 0 Å². The summed E-state index contributed by atoms with van der Waals surface area (Å²) in [7, 11) is 0. The zero-order valence-electron chi connectivity index (χ0n) is 6.13. The second kappa shape index (κ2) is 8.14. The molecule has 0 amide bonds. The average molecular weight is 143 g/mol. The molecule has 0 bridgehead atoms. The lowest BCUT2D eigenvalue weighted by Gasteiger charge is -1.79. The van der Waals surface area contributed by atoms with E-state index in [9.17, 15) is 0 Å². The number of nitrogens with one attached hydrogen (secondary N) is 1. The molecule has 0 radical (unpaired) electrons. The summed E-state index contributed by atoms with van der Waals surface area (Å²) in [5, 5.41) is 5.99. The van der Waals surface area contributed by atoms with Crippen LogP contribution in [0.3, 0.4) is 0 Å². The van der Waals surface area contributed by atoms with Crippen LogP contribution in [-0.2, 0) is 0 Å². The van der Waals surface area contributed by atoms with Crippen molar-refractivity contribution in [1.29, 1.82) is 0 Å². The Hall–Kier alpha value is -0.860. The van der Waals surface area contributed by atoms with Crippen LogP contribution in [0.5, 0.6) is 0 Å². The molecule has 60 valence electrons. The van der Waals surface area contributed by atoms with E-state index in [0.717, 1.165) is 5.92 Å². The minimum absolute atomic E-state index is 0. The van der Waals surface area contributed by atoms with Gasteiger partial charge in [-0.15, -0.1) is 0 Å². The minimum Gasteiger partial charge on any atom is -0.266 e. The summed E-state index contributed by atoms with van der Waals surface area (Å²) in [6, 6.07) is 0. The first-order chi connectivity index (χ1) is 4.23. The number of hydrogen-bond donors (Lipinski definition) is 1. The Bertz CT molecular complexity index is 92.4. The van der Waals surface area contributed by atoms with Gasteiger partial charge in [0.05, 0.1) is 0 Å². The standard InChI is InChI=1S/C4H10.C2H3N3.CH4/c1-4(2)3;1-3-2-5-4-1;/h4H,1-3H3;1-2H,(H,3,4,5);1H4. The van der Waals surface area contributed by atoms with E-state index in [2.05, 4.69) is 36.0 Å². The van der Waals surface area contributed by atoms with Crippen molar-refractivity contribution in [3.05, 3.63) is 12.7 Å². The molecule has 1 aromatic heterocycles. The minimum atomic E-state index is 0. The molecule has 0 saturated heterocycles. The molecule has 0 spiro atoms. The molecule has 3 heteroatoms. The molecule has 3 nitrogen and oxygen atoms in total. The lowest BCUT2D eigenvalue weighted by Crippen LogP contribution is -1.66. The molecule has 10 heavy (non-hydrogen) atoms. The quantitative estimate of drug-likeness (QED) is 0.604. The first-order valence-electron chi connectivity index (χ1n) is 3.02. The van der Waals surface area contributed by atoms with Crippen molar-refractivity contribution in [1.82, 2.24) is 15.2 Å². The molecular formula is C7H17N3. The Morgan fingerprint density at radius 2 is 1.80 bits per heavy atom. The molecule has 1 aromatic rings. The number of H-pyrrole nitrogens is 1. The van der Waals surface area contributed by atoms with Crippen LogP contribution in [-0.4, -0.2) is 15.2 Å². The number of rotatable bonds is 0. The van der Waals surface area contributed by atoms with Gasteiger partial charge < -0.3 is 0 Å². The van der Waals surface area contributed by atoms with E-state index in [-0.39, 0.29) is 7.43 Å². The normalized spacial score (nSPS) is 7.60. The van der Waals surface area contributed by atoms with Gasteiger partial charge in [0.2, 0.25) is 0 Å². The van der Waals surface area contributed by atoms with Gasteiger partial charge in [0.1, 0.15) is 12.7 Å². The Balaban J connectivity index is 0. The molecule has 0 aliphatic rings. The summed E-state index contributed by atoms with van der Waals surface area (Å²) < 4.78 is 0. The Labute approximate surface area is 62.9 Å². The van der Waals surface area contributed by atoms with Crippen LogP contribution in [0, 0.1) is 5.92 Å². The van der Waals surface area contributed by atoms with Crippen molar-refractivity contribution in [3.8, 4) is 0 Å². The third-order valence-electron chi connectivity index (χ3n) is 0.331. The van der Waals surface area contributed by atoms with Gasteiger partial charge >= 0.3 is 0 Å². The van der Waals surface area contributed by atoms with E-state index in [1.807, 2.05) is 0 Å². The van der Waals surface area contributed by atoms with E-state index in [0.29, 0.717) is 0 Å².